The zero-order valence-corrected chi connectivity index (χ0v) is 52.9. The van der Waals surface area contributed by atoms with E-state index in [0.717, 1.165) is 82.4 Å². The number of aryl methyl sites for hydroxylation is 1. The third kappa shape index (κ3) is 15.2. The normalized spacial score (nSPS) is 21.9. The molecule has 4 heterocycles. The van der Waals surface area contributed by atoms with Crippen molar-refractivity contribution in [2.24, 2.45) is 27.9 Å². The molecule has 2 unspecified atom stereocenters. The van der Waals surface area contributed by atoms with E-state index in [1.807, 2.05) is 77.2 Å². The van der Waals surface area contributed by atoms with Crippen LogP contribution in [0.5, 0.6) is 0 Å². The van der Waals surface area contributed by atoms with Crippen LogP contribution in [-0.4, -0.2) is 135 Å². The number of carbonyl (C=O) groups is 4. The minimum Gasteiger partial charge on any atom is -0.481 e. The maximum atomic E-state index is 14.0. The highest BCUT2D eigenvalue weighted by atomic mass is 32.2. The number of ether oxygens (including phenoxy) is 2. The molecule has 472 valence electrons. The number of carbonyl (C=O) groups excluding carboxylic acids is 2. The number of aromatic nitrogens is 4. The number of unbranched alkanes of at least 4 members (excludes halogenated alkanes) is 1. The number of para-hydroxylation sites is 1. The quantitative estimate of drug-likeness (QED) is 0.0177. The minimum atomic E-state index is -4.45. The molecule has 1 aliphatic heterocycles. The predicted octanol–water partition coefficient (Wildman–Crippen LogP) is 10.2. The van der Waals surface area contributed by atoms with Gasteiger partial charge >= 0.3 is 18.0 Å². The Hall–Kier alpha value is -7.02. The van der Waals surface area contributed by atoms with Crippen LogP contribution in [0.15, 0.2) is 79.0 Å². The average Bonchev–Trinajstić information content (AvgIpc) is 0.722. The van der Waals surface area contributed by atoms with E-state index >= 15 is 0 Å². The number of carboxylic acid groups (broad SMARTS) is 2. The number of benzene rings is 3. The van der Waals surface area contributed by atoms with Crippen molar-refractivity contribution in [1.82, 2.24) is 30.0 Å². The molecule has 4 fully saturated rings. The van der Waals surface area contributed by atoms with E-state index in [0.29, 0.717) is 92.0 Å². The molecule has 21 nitrogen and oxygen atoms in total. The summed E-state index contributed by atoms with van der Waals surface area (Å²) in [6.45, 7) is 15.3. The molecule has 3 aromatic heterocycles. The summed E-state index contributed by atoms with van der Waals surface area (Å²) in [5.41, 5.74) is 12.8. The second-order valence-corrected chi connectivity index (χ2v) is 29.1. The molecule has 3 aromatic carbocycles. The van der Waals surface area contributed by atoms with Gasteiger partial charge in [-0.3, -0.25) is 24.1 Å². The van der Waals surface area contributed by atoms with Gasteiger partial charge in [0, 0.05) is 92.4 Å². The highest BCUT2D eigenvalue weighted by molar-refractivity contribution is 7.85. The number of nitrogens with one attached hydrogen (secondary N) is 3. The van der Waals surface area contributed by atoms with Crippen LogP contribution in [0, 0.1) is 29.1 Å². The van der Waals surface area contributed by atoms with Gasteiger partial charge in [-0.05, 0) is 165 Å². The Labute approximate surface area is 518 Å². The fraction of sp³-hybridized carbons (Fsp3) is 0.523. The van der Waals surface area contributed by atoms with Crippen LogP contribution >= 0.6 is 11.3 Å². The van der Waals surface area contributed by atoms with Gasteiger partial charge in [0.15, 0.2) is 10.8 Å². The summed E-state index contributed by atoms with van der Waals surface area (Å²) < 4.78 is 50.0. The van der Waals surface area contributed by atoms with Crippen molar-refractivity contribution in [3.05, 3.63) is 118 Å². The number of thiazole rings is 1. The number of hydrogen-bond donors (Lipinski definition) is 7. The lowest BCUT2D eigenvalue weighted by molar-refractivity contribution is -0.248. The SMILES string of the molecule is Cc1c(-c2ccc(N3CCc4cccc(C(=O)Nc5nc6ccccc6s5)c4C3)nc2C(=O)O)cnn1CC12CC3(C)CC(C)(C1)CC(OCCN(CCS(=O)(=O)O)C(=O)OCc1ccc(NC[C@H](C)NC[C@@H](N)C(C)C)cc1CCCCC(=O)O)(C3)C2. The summed E-state index contributed by atoms with van der Waals surface area (Å²) in [7, 11) is -4.45. The van der Waals surface area contributed by atoms with Gasteiger partial charge in [0.25, 0.3) is 16.0 Å². The Morgan fingerprint density at radius 3 is 2.38 bits per heavy atom. The fourth-order valence-electron chi connectivity index (χ4n) is 15.2. The van der Waals surface area contributed by atoms with Crippen LogP contribution in [-0.2, 0) is 56.9 Å². The zero-order valence-electron chi connectivity index (χ0n) is 51.3. The molecule has 0 saturated heterocycles. The second-order valence-electron chi connectivity index (χ2n) is 26.5. The molecule has 4 atom stereocenters. The van der Waals surface area contributed by atoms with Crippen molar-refractivity contribution in [2.75, 3.05) is 60.6 Å². The summed E-state index contributed by atoms with van der Waals surface area (Å²) in [4.78, 5) is 65.0. The highest BCUT2D eigenvalue weighted by Crippen LogP contribution is 2.72. The van der Waals surface area contributed by atoms with Crippen LogP contribution in [0.2, 0.25) is 0 Å². The van der Waals surface area contributed by atoms with E-state index in [-0.39, 0.29) is 72.7 Å². The summed E-state index contributed by atoms with van der Waals surface area (Å²) >= 11 is 1.41. The first-order valence-corrected chi connectivity index (χ1v) is 33.1. The van der Waals surface area contributed by atoms with Crippen LogP contribution in [0.25, 0.3) is 21.3 Å². The molecule has 4 saturated carbocycles. The maximum absolute atomic E-state index is 14.0. The van der Waals surface area contributed by atoms with E-state index in [4.69, 9.17) is 25.3 Å². The smallest absolute Gasteiger partial charge is 0.410 e. The second kappa shape index (κ2) is 26.2. The number of carboxylic acids is 2. The van der Waals surface area contributed by atoms with Crippen molar-refractivity contribution in [3.8, 4) is 11.1 Å². The molecular weight excluding hydrogens is 1160 g/mol. The van der Waals surface area contributed by atoms with Gasteiger partial charge in [0.2, 0.25) is 0 Å². The summed E-state index contributed by atoms with van der Waals surface area (Å²) in [6, 6.07) is 23.0. The van der Waals surface area contributed by atoms with Crippen LogP contribution < -0.4 is 26.6 Å². The van der Waals surface area contributed by atoms with Crippen molar-refractivity contribution in [2.45, 2.75) is 150 Å². The number of nitrogens with zero attached hydrogens (tertiary/aromatic N) is 6. The molecule has 4 bridgehead atoms. The lowest BCUT2D eigenvalue weighted by Crippen LogP contribution is -2.64. The number of anilines is 3. The molecule has 5 aliphatic rings. The highest BCUT2D eigenvalue weighted by Gasteiger charge is 2.66. The number of nitrogens with two attached hydrogens (primary N) is 1. The minimum absolute atomic E-state index is 0.00509. The van der Waals surface area contributed by atoms with Crippen LogP contribution in [0.1, 0.15) is 141 Å². The van der Waals surface area contributed by atoms with E-state index in [2.05, 4.69) is 55.6 Å². The Bertz CT molecular complexity index is 3630. The Morgan fingerprint density at radius 1 is 0.875 bits per heavy atom. The van der Waals surface area contributed by atoms with Crippen molar-refractivity contribution in [1.29, 1.82) is 0 Å². The molecule has 2 amide bonds. The number of rotatable bonds is 28. The standard InChI is InChI=1S/C65H84N10O11S2/c1-41(2)52(66)31-67-42(3)29-68-47-19-18-46(45(28-47)12-7-10-17-56(76)77)33-85-61(81)73(25-27-88(82,83)84)24-26-86-65-37-62(5)34-63(6,38-65)36-64(35-62,39-65)40-75-43(4)50(30-69-75)48-20-21-55(71-57(48)59(79)80)74-23-22-44-13-11-14-49(51(44)32-74)58(78)72-60-70-53-15-8-9-16-54(53)87-60/h8-9,11,13-16,18-21,28,30,41-42,52,67-68H,7,10,12,17,22-27,29,31-40,66H2,1-6H3,(H,76,77)(H,79,80)(H,70,72,78)(H,82,83,84)/t42-,52+,62?,63?,64?,65?/m0/s1. The molecule has 4 aliphatic carbocycles. The molecule has 88 heavy (non-hydrogen) atoms. The Balaban J connectivity index is 0.806. The van der Waals surface area contributed by atoms with Crippen molar-refractivity contribution >= 4 is 72.2 Å². The largest absolute Gasteiger partial charge is 0.481 e. The van der Waals surface area contributed by atoms with Gasteiger partial charge in [-0.2, -0.15) is 13.5 Å². The lowest BCUT2D eigenvalue weighted by atomic mass is 9.39. The number of fused-ring (bicyclic) bond motifs is 2. The molecular formula is C65H84N10O11S2. The van der Waals surface area contributed by atoms with Crippen molar-refractivity contribution in [3.63, 3.8) is 0 Å². The summed E-state index contributed by atoms with van der Waals surface area (Å²) in [5, 5.41) is 35.4. The fourth-order valence-corrected chi connectivity index (χ4v) is 16.5. The zero-order chi connectivity index (χ0) is 62.8. The van der Waals surface area contributed by atoms with E-state index < -0.39 is 39.5 Å². The molecule has 0 radical (unpaired) electrons. The first-order valence-electron chi connectivity index (χ1n) is 30.7. The van der Waals surface area contributed by atoms with Crippen LogP contribution in [0.3, 0.4) is 0 Å². The summed E-state index contributed by atoms with van der Waals surface area (Å²) in [5.74, 6) is -2.17. The predicted molar refractivity (Wildman–Crippen MR) is 340 cm³/mol. The molecule has 0 spiro atoms. The first-order chi connectivity index (χ1) is 41.8. The number of hydrogen-bond acceptors (Lipinski definition) is 16. The van der Waals surface area contributed by atoms with Crippen molar-refractivity contribution < 1.29 is 51.8 Å². The van der Waals surface area contributed by atoms with Gasteiger partial charge in [0.05, 0.1) is 34.4 Å². The molecule has 6 aromatic rings. The average molecular weight is 1250 g/mol. The monoisotopic (exact) mass is 1240 g/mol. The van der Waals surface area contributed by atoms with Gasteiger partial charge in [-0.15, -0.1) is 0 Å². The first kappa shape index (κ1) is 64.0. The maximum Gasteiger partial charge on any atom is 0.410 e. The van der Waals surface area contributed by atoms with Gasteiger partial charge in [0.1, 0.15) is 12.4 Å². The Morgan fingerprint density at radius 2 is 1.65 bits per heavy atom. The van der Waals surface area contributed by atoms with E-state index in [1.54, 1.807) is 18.3 Å². The number of aliphatic carboxylic acids is 1. The number of pyridine rings is 1. The third-order valence-electron chi connectivity index (χ3n) is 18.4. The van der Waals surface area contributed by atoms with E-state index in [1.165, 1.54) is 16.2 Å². The Kier molecular flexibility index (Phi) is 19.1. The lowest BCUT2D eigenvalue weighted by Gasteiger charge is -2.69. The molecule has 8 N–H and O–H groups in total. The van der Waals surface area contributed by atoms with Gasteiger partial charge in [-0.25, -0.2) is 19.6 Å². The van der Waals surface area contributed by atoms with Gasteiger partial charge in [-0.1, -0.05) is 69.4 Å². The molecule has 23 heteroatoms. The number of aromatic carboxylic acids is 1. The molecule has 11 rings (SSSR count). The third-order valence-corrected chi connectivity index (χ3v) is 20.1. The number of amides is 2. The van der Waals surface area contributed by atoms with E-state index in [9.17, 15) is 42.4 Å². The van der Waals surface area contributed by atoms with Gasteiger partial charge < -0.3 is 45.9 Å². The summed E-state index contributed by atoms with van der Waals surface area (Å²) in [6.07, 6.45) is 8.47. The van der Waals surface area contributed by atoms with Crippen LogP contribution in [0.4, 0.5) is 21.4 Å². The topological polar surface area (TPSA) is 294 Å².